The summed E-state index contributed by atoms with van der Waals surface area (Å²) in [6.07, 6.45) is -0.588. The molecule has 0 saturated heterocycles. The molecule has 2 rings (SSSR count). The number of nitrogens with zero attached hydrogens (tertiary/aromatic N) is 2. The highest BCUT2D eigenvalue weighted by Crippen LogP contribution is 2.28. The molecule has 0 aliphatic rings. The summed E-state index contributed by atoms with van der Waals surface area (Å²) < 4.78 is 0. The van der Waals surface area contributed by atoms with Crippen LogP contribution in [0.15, 0.2) is 42.5 Å². The van der Waals surface area contributed by atoms with Crippen LogP contribution in [0.3, 0.4) is 0 Å². The second-order valence-corrected chi connectivity index (χ2v) is 5.48. The van der Waals surface area contributed by atoms with E-state index in [0.29, 0.717) is 17.1 Å². The van der Waals surface area contributed by atoms with Crippen molar-refractivity contribution in [1.82, 2.24) is 0 Å². The molecule has 2 aromatic rings. The van der Waals surface area contributed by atoms with Crippen LogP contribution in [0.1, 0.15) is 29.7 Å². The number of hydrogen-bond acceptors (Lipinski definition) is 3. The third-order valence-electron chi connectivity index (χ3n) is 3.33. The number of rotatable bonds is 4. The first kappa shape index (κ1) is 15.4. The van der Waals surface area contributed by atoms with E-state index in [1.54, 1.807) is 25.1 Å². The van der Waals surface area contributed by atoms with Crippen LogP contribution in [-0.2, 0) is 6.54 Å². The van der Waals surface area contributed by atoms with Crippen LogP contribution < -0.4 is 4.90 Å². The minimum Gasteiger partial charge on any atom is -0.389 e. The van der Waals surface area contributed by atoms with E-state index >= 15 is 0 Å². The molecule has 0 heterocycles. The predicted octanol–water partition coefficient (Wildman–Crippen LogP) is 3.90. The molecule has 0 bridgehead atoms. The van der Waals surface area contributed by atoms with Crippen LogP contribution in [0, 0.1) is 11.3 Å². The van der Waals surface area contributed by atoms with Gasteiger partial charge in [-0.1, -0.05) is 29.8 Å². The predicted molar refractivity (Wildman–Crippen MR) is 85.3 cm³/mol. The van der Waals surface area contributed by atoms with Crippen molar-refractivity contribution in [3.05, 3.63) is 64.2 Å². The Morgan fingerprint density at radius 2 is 2.05 bits per heavy atom. The van der Waals surface area contributed by atoms with Crippen LogP contribution in [0.25, 0.3) is 0 Å². The van der Waals surface area contributed by atoms with E-state index in [1.165, 1.54) is 0 Å². The molecule has 1 atom stereocenters. The Morgan fingerprint density at radius 3 is 2.67 bits per heavy atom. The van der Waals surface area contributed by atoms with Crippen LogP contribution in [0.2, 0.25) is 5.02 Å². The van der Waals surface area contributed by atoms with E-state index in [1.807, 2.05) is 36.2 Å². The maximum atomic E-state index is 9.90. The van der Waals surface area contributed by atoms with E-state index in [2.05, 4.69) is 6.07 Å². The summed E-state index contributed by atoms with van der Waals surface area (Å²) in [6.45, 7) is 2.37. The van der Waals surface area contributed by atoms with Crippen LogP contribution in [0.4, 0.5) is 5.69 Å². The molecule has 0 radical (unpaired) electrons. The largest absolute Gasteiger partial charge is 0.389 e. The topological polar surface area (TPSA) is 47.3 Å². The van der Waals surface area contributed by atoms with E-state index < -0.39 is 6.10 Å². The highest BCUT2D eigenvalue weighted by atomic mass is 35.5. The fourth-order valence-corrected chi connectivity index (χ4v) is 2.50. The number of anilines is 1. The van der Waals surface area contributed by atoms with Gasteiger partial charge in [0.15, 0.2) is 0 Å². The first-order valence-electron chi connectivity index (χ1n) is 6.69. The van der Waals surface area contributed by atoms with Gasteiger partial charge in [-0.3, -0.25) is 0 Å². The van der Waals surface area contributed by atoms with Crippen molar-refractivity contribution in [1.29, 1.82) is 5.26 Å². The molecule has 0 aliphatic carbocycles. The zero-order chi connectivity index (χ0) is 15.4. The molecule has 1 N–H and O–H groups in total. The lowest BCUT2D eigenvalue weighted by Gasteiger charge is -2.24. The number of hydrogen-bond donors (Lipinski definition) is 1. The lowest BCUT2D eigenvalue weighted by Crippen LogP contribution is -2.18. The van der Waals surface area contributed by atoms with Gasteiger partial charge in [0.05, 0.1) is 17.7 Å². The third-order valence-corrected chi connectivity index (χ3v) is 3.56. The number of aliphatic hydroxyl groups is 1. The van der Waals surface area contributed by atoms with E-state index in [9.17, 15) is 5.11 Å². The van der Waals surface area contributed by atoms with Crippen LogP contribution in [0.5, 0.6) is 0 Å². The molecular formula is C17H17ClN2O. The Hall–Kier alpha value is -2.02. The molecule has 0 saturated carbocycles. The average Bonchev–Trinajstić information content (AvgIpc) is 2.46. The summed E-state index contributed by atoms with van der Waals surface area (Å²) in [4.78, 5) is 2.01. The fraction of sp³-hybridized carbons (Fsp3) is 0.235. The second kappa shape index (κ2) is 6.62. The summed E-state index contributed by atoms with van der Waals surface area (Å²) in [5.74, 6) is 0. The van der Waals surface area contributed by atoms with Gasteiger partial charge in [-0.05, 0) is 36.8 Å². The molecule has 0 spiro atoms. The van der Waals surface area contributed by atoms with Crippen molar-refractivity contribution in [2.75, 3.05) is 11.9 Å². The van der Waals surface area contributed by atoms with Crippen molar-refractivity contribution >= 4 is 17.3 Å². The van der Waals surface area contributed by atoms with E-state index in [-0.39, 0.29) is 0 Å². The Kier molecular flexibility index (Phi) is 4.85. The third kappa shape index (κ3) is 3.75. The molecule has 4 heteroatoms. The summed E-state index contributed by atoms with van der Waals surface area (Å²) in [5, 5.41) is 19.6. The summed E-state index contributed by atoms with van der Waals surface area (Å²) >= 11 is 6.00. The maximum Gasteiger partial charge on any atom is 0.0992 e. The van der Waals surface area contributed by atoms with E-state index in [4.69, 9.17) is 16.9 Å². The Labute approximate surface area is 130 Å². The first-order valence-corrected chi connectivity index (χ1v) is 7.06. The van der Waals surface area contributed by atoms with Gasteiger partial charge in [-0.25, -0.2) is 0 Å². The summed E-state index contributed by atoms with van der Waals surface area (Å²) in [5.41, 5.74) is 3.30. The quantitative estimate of drug-likeness (QED) is 0.931. The Balaban J connectivity index is 2.33. The molecule has 0 aliphatic heterocycles. The summed E-state index contributed by atoms with van der Waals surface area (Å²) in [7, 11) is 1.93. The normalized spacial score (nSPS) is 11.8. The molecule has 108 valence electrons. The highest BCUT2D eigenvalue weighted by molar-refractivity contribution is 6.30. The number of aliphatic hydroxyl groups excluding tert-OH is 1. The average molecular weight is 301 g/mol. The molecule has 21 heavy (non-hydrogen) atoms. The first-order chi connectivity index (χ1) is 10.0. The van der Waals surface area contributed by atoms with Gasteiger partial charge in [-0.2, -0.15) is 5.26 Å². The minimum atomic E-state index is -0.588. The Morgan fingerprint density at radius 1 is 1.29 bits per heavy atom. The molecule has 1 unspecified atom stereocenters. The van der Waals surface area contributed by atoms with Crippen LogP contribution >= 0.6 is 11.6 Å². The lowest BCUT2D eigenvalue weighted by atomic mass is 10.0. The molecule has 0 fully saturated rings. The fourth-order valence-electron chi connectivity index (χ4n) is 2.29. The van der Waals surface area contributed by atoms with Crippen molar-refractivity contribution in [3.63, 3.8) is 0 Å². The van der Waals surface area contributed by atoms with Gasteiger partial charge < -0.3 is 10.0 Å². The van der Waals surface area contributed by atoms with Gasteiger partial charge in [-0.15, -0.1) is 0 Å². The SMILES string of the molecule is CC(O)c1ccc(C#N)cc1N(C)Cc1cccc(Cl)c1. The monoisotopic (exact) mass is 300 g/mol. The molecule has 0 aromatic heterocycles. The highest BCUT2D eigenvalue weighted by Gasteiger charge is 2.13. The summed E-state index contributed by atoms with van der Waals surface area (Å²) in [6, 6.07) is 15.1. The number of benzene rings is 2. The van der Waals surface area contributed by atoms with Gasteiger partial charge in [0.2, 0.25) is 0 Å². The minimum absolute atomic E-state index is 0.576. The number of nitriles is 1. The van der Waals surface area contributed by atoms with Crippen molar-refractivity contribution in [2.45, 2.75) is 19.6 Å². The molecular weight excluding hydrogens is 284 g/mol. The Bertz CT molecular complexity index is 677. The van der Waals surface area contributed by atoms with Crippen molar-refractivity contribution in [2.24, 2.45) is 0 Å². The van der Waals surface area contributed by atoms with Crippen LogP contribution in [-0.4, -0.2) is 12.2 Å². The molecule has 2 aromatic carbocycles. The number of halogens is 1. The second-order valence-electron chi connectivity index (χ2n) is 5.05. The maximum absolute atomic E-state index is 9.90. The van der Waals surface area contributed by atoms with Gasteiger partial charge in [0, 0.05) is 29.9 Å². The zero-order valence-electron chi connectivity index (χ0n) is 12.0. The van der Waals surface area contributed by atoms with E-state index in [0.717, 1.165) is 16.8 Å². The molecule has 0 amide bonds. The van der Waals surface area contributed by atoms with Crippen molar-refractivity contribution < 1.29 is 5.11 Å². The van der Waals surface area contributed by atoms with Crippen molar-refractivity contribution in [3.8, 4) is 6.07 Å². The zero-order valence-corrected chi connectivity index (χ0v) is 12.8. The van der Waals surface area contributed by atoms with Gasteiger partial charge in [0.1, 0.15) is 0 Å². The smallest absolute Gasteiger partial charge is 0.0992 e. The standard InChI is InChI=1S/C17H17ClN2O/c1-12(21)16-7-6-13(10-19)9-17(16)20(2)11-14-4-3-5-15(18)8-14/h3-9,12,21H,11H2,1-2H3. The van der Waals surface area contributed by atoms with Gasteiger partial charge in [0.25, 0.3) is 0 Å². The lowest BCUT2D eigenvalue weighted by molar-refractivity contribution is 0.199. The van der Waals surface area contributed by atoms with Gasteiger partial charge >= 0.3 is 0 Å². The molecule has 3 nitrogen and oxygen atoms in total.